The molecule has 21 heavy (non-hydrogen) atoms. The number of amides is 1. The number of nitrogens with zero attached hydrogens (tertiary/aromatic N) is 2. The highest BCUT2D eigenvalue weighted by atomic mass is 32.2. The molecule has 0 aliphatic heterocycles. The van der Waals surface area contributed by atoms with E-state index in [0.29, 0.717) is 18.8 Å². The molecule has 1 aliphatic carbocycles. The largest absolute Gasteiger partial charge is 0.301 e. The molecule has 1 aliphatic rings. The van der Waals surface area contributed by atoms with Crippen molar-refractivity contribution in [2.24, 2.45) is 5.92 Å². The number of nitrogens with one attached hydrogen (secondary N) is 1. The standard InChI is InChI=1S/C13H21N3O3S2/c1-2-9-21(18,19)13-16-15-12(20-13)14-11(17)8-7-10-5-3-4-6-10/h10H,2-9H2,1H3,(H,14,15,17). The fraction of sp³-hybridized carbons (Fsp3) is 0.769. The van der Waals surface area contributed by atoms with E-state index in [1.165, 1.54) is 25.7 Å². The zero-order valence-electron chi connectivity index (χ0n) is 12.2. The highest BCUT2D eigenvalue weighted by molar-refractivity contribution is 7.93. The van der Waals surface area contributed by atoms with Gasteiger partial charge in [-0.1, -0.05) is 43.9 Å². The maximum atomic E-state index is 11.8. The second-order valence-electron chi connectivity index (χ2n) is 5.43. The minimum absolute atomic E-state index is 0.0181. The van der Waals surface area contributed by atoms with E-state index in [2.05, 4.69) is 15.5 Å². The second kappa shape index (κ2) is 7.31. The molecule has 0 bridgehead atoms. The minimum atomic E-state index is -3.36. The Labute approximate surface area is 129 Å². The van der Waals surface area contributed by atoms with Crippen molar-refractivity contribution >= 4 is 32.2 Å². The molecule has 1 N–H and O–H groups in total. The Hall–Kier alpha value is -1.02. The van der Waals surface area contributed by atoms with Gasteiger partial charge in [0, 0.05) is 6.42 Å². The van der Waals surface area contributed by atoms with Crippen molar-refractivity contribution in [3.8, 4) is 0 Å². The molecule has 0 aromatic carbocycles. The molecule has 0 atom stereocenters. The van der Waals surface area contributed by atoms with Crippen LogP contribution in [0, 0.1) is 5.92 Å². The Morgan fingerprint density at radius 2 is 2.05 bits per heavy atom. The zero-order valence-corrected chi connectivity index (χ0v) is 13.8. The Morgan fingerprint density at radius 3 is 2.71 bits per heavy atom. The summed E-state index contributed by atoms with van der Waals surface area (Å²) in [5, 5.41) is 10.3. The normalized spacial score (nSPS) is 16.2. The molecule has 1 fully saturated rings. The van der Waals surface area contributed by atoms with Crippen molar-refractivity contribution in [3.63, 3.8) is 0 Å². The number of carbonyl (C=O) groups is 1. The molecular weight excluding hydrogens is 310 g/mol. The molecule has 118 valence electrons. The van der Waals surface area contributed by atoms with Gasteiger partial charge in [0.05, 0.1) is 5.75 Å². The third-order valence-corrected chi connectivity index (χ3v) is 6.85. The van der Waals surface area contributed by atoms with Crippen LogP contribution in [0.5, 0.6) is 0 Å². The highest BCUT2D eigenvalue weighted by Crippen LogP contribution is 2.28. The molecule has 1 amide bonds. The van der Waals surface area contributed by atoms with Gasteiger partial charge in [-0.25, -0.2) is 8.42 Å². The Morgan fingerprint density at radius 1 is 1.33 bits per heavy atom. The third-order valence-electron chi connectivity index (χ3n) is 3.65. The molecule has 0 spiro atoms. The van der Waals surface area contributed by atoms with E-state index in [-0.39, 0.29) is 21.1 Å². The molecule has 6 nitrogen and oxygen atoms in total. The number of anilines is 1. The average Bonchev–Trinajstić information content (AvgIpc) is 3.07. The summed E-state index contributed by atoms with van der Waals surface area (Å²) in [5.74, 6) is 0.597. The van der Waals surface area contributed by atoms with Crippen LogP contribution in [0.4, 0.5) is 5.13 Å². The van der Waals surface area contributed by atoms with Crippen LogP contribution < -0.4 is 5.32 Å². The molecule has 1 aromatic heterocycles. The van der Waals surface area contributed by atoms with Crippen LogP contribution in [-0.2, 0) is 14.6 Å². The Bertz CT molecular complexity index is 577. The summed E-state index contributed by atoms with van der Waals surface area (Å²) in [7, 11) is -3.36. The van der Waals surface area contributed by atoms with Crippen LogP contribution in [0.2, 0.25) is 0 Å². The monoisotopic (exact) mass is 331 g/mol. The predicted octanol–water partition coefficient (Wildman–Crippen LogP) is 2.63. The number of rotatable bonds is 7. The van der Waals surface area contributed by atoms with E-state index in [1.807, 2.05) is 0 Å². The van der Waals surface area contributed by atoms with E-state index in [9.17, 15) is 13.2 Å². The lowest BCUT2D eigenvalue weighted by atomic mass is 10.0. The van der Waals surface area contributed by atoms with E-state index in [4.69, 9.17) is 0 Å². The van der Waals surface area contributed by atoms with E-state index in [1.54, 1.807) is 6.92 Å². The van der Waals surface area contributed by atoms with Gasteiger partial charge >= 0.3 is 0 Å². The lowest BCUT2D eigenvalue weighted by molar-refractivity contribution is -0.116. The predicted molar refractivity (Wildman–Crippen MR) is 82.1 cm³/mol. The zero-order chi connectivity index (χ0) is 15.3. The maximum absolute atomic E-state index is 11.8. The van der Waals surface area contributed by atoms with Gasteiger partial charge in [-0.15, -0.1) is 10.2 Å². The van der Waals surface area contributed by atoms with Crippen molar-refractivity contribution in [1.29, 1.82) is 0 Å². The lowest BCUT2D eigenvalue weighted by Crippen LogP contribution is -2.12. The smallest absolute Gasteiger partial charge is 0.234 e. The van der Waals surface area contributed by atoms with Gasteiger partial charge in [0.25, 0.3) is 0 Å². The van der Waals surface area contributed by atoms with E-state index < -0.39 is 9.84 Å². The first kappa shape index (κ1) is 16.4. The van der Waals surface area contributed by atoms with Gasteiger partial charge in [-0.2, -0.15) is 0 Å². The molecule has 2 rings (SSSR count). The van der Waals surface area contributed by atoms with Crippen molar-refractivity contribution < 1.29 is 13.2 Å². The number of carbonyl (C=O) groups excluding carboxylic acids is 1. The van der Waals surface area contributed by atoms with Gasteiger partial charge in [-0.05, 0) is 18.8 Å². The first-order valence-electron chi connectivity index (χ1n) is 7.37. The van der Waals surface area contributed by atoms with Crippen LogP contribution in [0.15, 0.2) is 4.34 Å². The quantitative estimate of drug-likeness (QED) is 0.776. The first-order valence-corrected chi connectivity index (χ1v) is 9.84. The van der Waals surface area contributed by atoms with E-state index in [0.717, 1.165) is 17.8 Å². The fourth-order valence-corrected chi connectivity index (χ4v) is 4.92. The van der Waals surface area contributed by atoms with Gasteiger partial charge in [0.15, 0.2) is 0 Å². The van der Waals surface area contributed by atoms with Gasteiger partial charge in [0.2, 0.25) is 25.2 Å². The summed E-state index contributed by atoms with van der Waals surface area (Å²) in [5.41, 5.74) is 0. The fourth-order valence-electron chi connectivity index (χ4n) is 2.56. The molecule has 1 heterocycles. The molecule has 1 saturated carbocycles. The minimum Gasteiger partial charge on any atom is -0.301 e. The Kier molecular flexibility index (Phi) is 5.69. The van der Waals surface area contributed by atoms with Crippen molar-refractivity contribution in [3.05, 3.63) is 0 Å². The van der Waals surface area contributed by atoms with Crippen molar-refractivity contribution in [2.75, 3.05) is 11.1 Å². The summed E-state index contributed by atoms with van der Waals surface area (Å²) >= 11 is 0.924. The lowest BCUT2D eigenvalue weighted by Gasteiger charge is -2.07. The molecule has 0 unspecified atom stereocenters. The molecule has 1 aromatic rings. The third kappa shape index (κ3) is 4.74. The summed E-state index contributed by atoms with van der Waals surface area (Å²) in [6.07, 6.45) is 6.84. The van der Waals surface area contributed by atoms with Crippen LogP contribution in [0.1, 0.15) is 51.9 Å². The van der Waals surface area contributed by atoms with Crippen molar-refractivity contribution in [1.82, 2.24) is 10.2 Å². The van der Waals surface area contributed by atoms with Gasteiger partial charge in [-0.3, -0.25) is 4.79 Å². The van der Waals surface area contributed by atoms with Crippen molar-refractivity contribution in [2.45, 2.75) is 56.2 Å². The summed E-state index contributed by atoms with van der Waals surface area (Å²) in [6, 6.07) is 0. The van der Waals surface area contributed by atoms with E-state index >= 15 is 0 Å². The Balaban J connectivity index is 1.85. The number of hydrogen-bond acceptors (Lipinski definition) is 6. The summed E-state index contributed by atoms with van der Waals surface area (Å²) in [4.78, 5) is 11.8. The highest BCUT2D eigenvalue weighted by Gasteiger charge is 2.20. The SMILES string of the molecule is CCCS(=O)(=O)c1nnc(NC(=O)CCC2CCCC2)s1. The number of aromatic nitrogens is 2. The van der Waals surface area contributed by atoms with Crippen LogP contribution in [-0.4, -0.2) is 30.3 Å². The molecule has 0 radical (unpaired) electrons. The summed E-state index contributed by atoms with van der Waals surface area (Å²) in [6.45, 7) is 1.80. The van der Waals surface area contributed by atoms with Crippen LogP contribution in [0.3, 0.4) is 0 Å². The number of hydrogen-bond donors (Lipinski definition) is 1. The molecular formula is C13H21N3O3S2. The van der Waals surface area contributed by atoms with Crippen LogP contribution >= 0.6 is 11.3 Å². The van der Waals surface area contributed by atoms with Gasteiger partial charge in [0.1, 0.15) is 0 Å². The maximum Gasteiger partial charge on any atom is 0.234 e. The summed E-state index contributed by atoms with van der Waals surface area (Å²) < 4.78 is 23.6. The second-order valence-corrected chi connectivity index (χ2v) is 8.69. The first-order chi connectivity index (χ1) is 10.0. The van der Waals surface area contributed by atoms with Gasteiger partial charge < -0.3 is 5.32 Å². The molecule has 0 saturated heterocycles. The topological polar surface area (TPSA) is 89.0 Å². The average molecular weight is 331 g/mol. The van der Waals surface area contributed by atoms with Crippen LogP contribution in [0.25, 0.3) is 0 Å². The number of sulfone groups is 1. The molecule has 8 heteroatoms.